The fourth-order valence-corrected chi connectivity index (χ4v) is 2.94. The molecular weight excluding hydrogens is 326 g/mol. The summed E-state index contributed by atoms with van der Waals surface area (Å²) in [5.74, 6) is 0.968. The summed E-state index contributed by atoms with van der Waals surface area (Å²) >= 11 is 0.656. The minimum Gasteiger partial charge on any atom is -0.496 e. The van der Waals surface area contributed by atoms with Gasteiger partial charge in [-0.1, -0.05) is 29.5 Å². The lowest BCUT2D eigenvalue weighted by Gasteiger charge is -2.08. The number of para-hydroxylation sites is 1. The molecule has 0 saturated heterocycles. The number of urea groups is 1. The molecule has 0 spiro atoms. The monoisotopic (exact) mass is 340 g/mol. The molecule has 1 aromatic heterocycles. The van der Waals surface area contributed by atoms with Gasteiger partial charge in [-0.2, -0.15) is 0 Å². The molecular formula is C14H14F2N4O2S. The first-order valence-corrected chi connectivity index (χ1v) is 7.72. The van der Waals surface area contributed by atoms with Gasteiger partial charge in [-0.25, -0.2) is 13.6 Å². The molecule has 0 unspecified atom stereocenters. The molecule has 1 fully saturated rings. The molecule has 2 aromatic rings. The number of methoxy groups -OCH3 is 1. The van der Waals surface area contributed by atoms with Crippen molar-refractivity contribution in [2.75, 3.05) is 12.4 Å². The van der Waals surface area contributed by atoms with E-state index in [0.29, 0.717) is 11.3 Å². The van der Waals surface area contributed by atoms with Gasteiger partial charge < -0.3 is 10.1 Å². The van der Waals surface area contributed by atoms with Crippen LogP contribution in [0.5, 0.6) is 5.75 Å². The highest BCUT2D eigenvalue weighted by molar-refractivity contribution is 7.15. The van der Waals surface area contributed by atoms with Crippen LogP contribution < -0.4 is 15.4 Å². The van der Waals surface area contributed by atoms with Crippen molar-refractivity contribution in [1.29, 1.82) is 0 Å². The number of benzene rings is 1. The Labute approximate surface area is 134 Å². The average molecular weight is 340 g/mol. The van der Waals surface area contributed by atoms with Crippen LogP contribution in [0.25, 0.3) is 0 Å². The lowest BCUT2D eigenvalue weighted by atomic mass is 10.1. The first kappa shape index (κ1) is 15.6. The molecule has 6 nitrogen and oxygen atoms in total. The number of carbonyl (C=O) groups excluding carboxylic acids is 1. The third-order valence-electron chi connectivity index (χ3n) is 3.49. The Morgan fingerprint density at radius 1 is 1.39 bits per heavy atom. The van der Waals surface area contributed by atoms with E-state index >= 15 is 0 Å². The number of aromatic nitrogens is 2. The fraction of sp³-hybridized carbons (Fsp3) is 0.357. The number of amides is 2. The molecule has 23 heavy (non-hydrogen) atoms. The number of carbonyl (C=O) groups is 1. The third-order valence-corrected chi connectivity index (χ3v) is 4.34. The van der Waals surface area contributed by atoms with Crippen molar-refractivity contribution < 1.29 is 18.3 Å². The smallest absolute Gasteiger partial charge is 0.321 e. The van der Waals surface area contributed by atoms with Crippen molar-refractivity contribution in [2.24, 2.45) is 0 Å². The number of anilines is 1. The highest BCUT2D eigenvalue weighted by atomic mass is 32.1. The first-order chi connectivity index (χ1) is 11.1. The maximum Gasteiger partial charge on any atom is 0.321 e. The predicted molar refractivity (Wildman–Crippen MR) is 81.2 cm³/mol. The zero-order chi connectivity index (χ0) is 16.4. The molecule has 0 radical (unpaired) electrons. The van der Waals surface area contributed by atoms with Crippen LogP contribution in [0.2, 0.25) is 0 Å². The van der Waals surface area contributed by atoms with Crippen molar-refractivity contribution in [2.45, 2.75) is 24.8 Å². The quantitative estimate of drug-likeness (QED) is 0.877. The number of nitrogens with zero attached hydrogens (tertiary/aromatic N) is 2. The lowest BCUT2D eigenvalue weighted by Crippen LogP contribution is -2.31. The van der Waals surface area contributed by atoms with Crippen molar-refractivity contribution in [3.63, 3.8) is 0 Å². The summed E-state index contributed by atoms with van der Waals surface area (Å²) < 4.78 is 30.1. The van der Waals surface area contributed by atoms with Crippen LogP contribution in [0.15, 0.2) is 24.3 Å². The number of hydrogen-bond donors (Lipinski definition) is 2. The van der Waals surface area contributed by atoms with E-state index in [0.717, 1.165) is 17.7 Å². The number of nitrogens with one attached hydrogen (secondary N) is 2. The van der Waals surface area contributed by atoms with Crippen LogP contribution in [0.1, 0.15) is 29.3 Å². The van der Waals surface area contributed by atoms with Crippen molar-refractivity contribution >= 4 is 22.5 Å². The SMILES string of the molecule is COc1ccccc1[C@H]1C[C@H]1NC(=O)Nc1nnc(C(F)F)s1. The molecule has 1 aromatic carbocycles. The zero-order valence-electron chi connectivity index (χ0n) is 12.1. The normalized spacial score (nSPS) is 19.5. The summed E-state index contributed by atoms with van der Waals surface area (Å²) in [5.41, 5.74) is 1.04. The Morgan fingerprint density at radius 3 is 2.87 bits per heavy atom. The van der Waals surface area contributed by atoms with Gasteiger partial charge in [-0.3, -0.25) is 5.32 Å². The molecule has 1 heterocycles. The van der Waals surface area contributed by atoms with Crippen molar-refractivity contribution in [1.82, 2.24) is 15.5 Å². The molecule has 1 aliphatic rings. The molecule has 2 N–H and O–H groups in total. The molecule has 0 aliphatic heterocycles. The van der Waals surface area contributed by atoms with E-state index in [1.807, 2.05) is 24.3 Å². The number of hydrogen-bond acceptors (Lipinski definition) is 5. The van der Waals surface area contributed by atoms with Gasteiger partial charge in [-0.05, 0) is 18.1 Å². The summed E-state index contributed by atoms with van der Waals surface area (Å²) in [5, 5.41) is 11.7. The maximum absolute atomic E-state index is 12.4. The van der Waals surface area contributed by atoms with Gasteiger partial charge >= 0.3 is 6.03 Å². The average Bonchev–Trinajstić information content (AvgIpc) is 3.12. The highest BCUT2D eigenvalue weighted by Crippen LogP contribution is 2.44. The van der Waals surface area contributed by atoms with Crippen molar-refractivity contribution in [3.8, 4) is 5.75 Å². The lowest BCUT2D eigenvalue weighted by molar-refractivity contribution is 0.150. The largest absolute Gasteiger partial charge is 0.496 e. The molecule has 9 heteroatoms. The second-order valence-electron chi connectivity index (χ2n) is 5.04. The third kappa shape index (κ3) is 3.55. The predicted octanol–water partition coefficient (Wildman–Crippen LogP) is 3.16. The number of ether oxygens (including phenoxy) is 1. The van der Waals surface area contributed by atoms with E-state index in [4.69, 9.17) is 4.74 Å². The minimum absolute atomic E-state index is 0.0196. The topological polar surface area (TPSA) is 76.1 Å². The fourth-order valence-electron chi connectivity index (χ4n) is 2.35. The molecule has 3 rings (SSSR count). The van der Waals surface area contributed by atoms with Gasteiger partial charge in [0.05, 0.1) is 7.11 Å². The van der Waals surface area contributed by atoms with E-state index < -0.39 is 17.5 Å². The summed E-state index contributed by atoms with van der Waals surface area (Å²) in [7, 11) is 1.60. The number of halogens is 2. The van der Waals surface area contributed by atoms with E-state index in [1.54, 1.807) is 7.11 Å². The van der Waals surface area contributed by atoms with E-state index in [1.165, 1.54) is 0 Å². The van der Waals surface area contributed by atoms with Gasteiger partial charge in [0.2, 0.25) is 5.13 Å². The van der Waals surface area contributed by atoms with Gasteiger partial charge in [0.1, 0.15) is 5.75 Å². The van der Waals surface area contributed by atoms with Crippen LogP contribution in [0, 0.1) is 0 Å². The Kier molecular flexibility index (Phi) is 4.37. The Bertz CT molecular complexity index is 710. The zero-order valence-corrected chi connectivity index (χ0v) is 12.9. The van der Waals surface area contributed by atoms with Crippen LogP contribution in [0.4, 0.5) is 18.7 Å². The molecule has 2 atom stereocenters. The molecule has 1 aliphatic carbocycles. The van der Waals surface area contributed by atoms with Gasteiger partial charge in [0.15, 0.2) is 5.01 Å². The molecule has 122 valence electrons. The van der Waals surface area contributed by atoms with E-state index in [2.05, 4.69) is 20.8 Å². The van der Waals surface area contributed by atoms with Crippen LogP contribution >= 0.6 is 11.3 Å². The van der Waals surface area contributed by atoms with Gasteiger partial charge in [-0.15, -0.1) is 10.2 Å². The van der Waals surface area contributed by atoms with Gasteiger partial charge in [0, 0.05) is 12.0 Å². The maximum atomic E-state index is 12.4. The first-order valence-electron chi connectivity index (χ1n) is 6.90. The van der Waals surface area contributed by atoms with E-state index in [-0.39, 0.29) is 17.1 Å². The highest BCUT2D eigenvalue weighted by Gasteiger charge is 2.41. The Morgan fingerprint density at radius 2 is 2.17 bits per heavy atom. The summed E-state index contributed by atoms with van der Waals surface area (Å²) in [6.07, 6.45) is -1.89. The second-order valence-corrected chi connectivity index (χ2v) is 6.04. The number of rotatable bonds is 5. The van der Waals surface area contributed by atoms with Crippen molar-refractivity contribution in [3.05, 3.63) is 34.8 Å². The minimum atomic E-state index is -2.69. The number of alkyl halides is 2. The van der Waals surface area contributed by atoms with Crippen LogP contribution in [-0.2, 0) is 0 Å². The Hall–Kier alpha value is -2.29. The standard InChI is InChI=1S/C14H14F2N4O2S/c1-22-10-5-3-2-4-7(10)8-6-9(8)17-13(21)18-14-20-19-12(23-14)11(15)16/h2-5,8-9,11H,6H2,1H3,(H2,17,18,20,21)/t8-,9-/m1/s1. The molecule has 1 saturated carbocycles. The van der Waals surface area contributed by atoms with Gasteiger partial charge in [0.25, 0.3) is 6.43 Å². The Balaban J connectivity index is 1.55. The summed E-state index contributed by atoms with van der Waals surface area (Å²) in [4.78, 5) is 11.9. The molecule has 2 amide bonds. The van der Waals surface area contributed by atoms with Crippen LogP contribution in [-0.4, -0.2) is 29.4 Å². The van der Waals surface area contributed by atoms with E-state index in [9.17, 15) is 13.6 Å². The second kappa shape index (κ2) is 6.45. The molecule has 0 bridgehead atoms. The van der Waals surface area contributed by atoms with Crippen LogP contribution in [0.3, 0.4) is 0 Å². The summed E-state index contributed by atoms with van der Waals surface area (Å²) in [6, 6.07) is 7.13. The summed E-state index contributed by atoms with van der Waals surface area (Å²) in [6.45, 7) is 0.